The van der Waals surface area contributed by atoms with Gasteiger partial charge in [0.1, 0.15) is 5.82 Å². The van der Waals surface area contributed by atoms with E-state index in [4.69, 9.17) is 16.6 Å². The van der Waals surface area contributed by atoms with Crippen LogP contribution in [0.2, 0.25) is 5.02 Å². The summed E-state index contributed by atoms with van der Waals surface area (Å²) in [6.45, 7) is 4.33. The first-order chi connectivity index (χ1) is 15.6. The van der Waals surface area contributed by atoms with Crippen LogP contribution in [0.5, 0.6) is 0 Å². The highest BCUT2D eigenvalue weighted by molar-refractivity contribution is 6.31. The zero-order valence-corrected chi connectivity index (χ0v) is 19.5. The Morgan fingerprint density at radius 2 is 1.88 bits per heavy atom. The molecule has 176 valence electrons. The van der Waals surface area contributed by atoms with Gasteiger partial charge in [0, 0.05) is 17.6 Å². The van der Waals surface area contributed by atoms with Crippen LogP contribution in [0.3, 0.4) is 0 Å². The molecule has 1 aliphatic carbocycles. The second-order valence-electron chi connectivity index (χ2n) is 9.09. The van der Waals surface area contributed by atoms with Crippen molar-refractivity contribution in [3.05, 3.63) is 64.4 Å². The Morgan fingerprint density at radius 1 is 1.18 bits per heavy atom. The molecule has 0 spiro atoms. The molecule has 4 rings (SSSR count). The van der Waals surface area contributed by atoms with Crippen molar-refractivity contribution in [3.63, 3.8) is 0 Å². The zero-order valence-electron chi connectivity index (χ0n) is 18.7. The lowest BCUT2D eigenvalue weighted by atomic mass is 10.0. The smallest absolute Gasteiger partial charge is 0.331 e. The van der Waals surface area contributed by atoms with Gasteiger partial charge in [0.05, 0.1) is 28.7 Å². The van der Waals surface area contributed by atoms with Crippen LogP contribution in [-0.2, 0) is 12.7 Å². The molecule has 3 aromatic rings. The minimum absolute atomic E-state index is 0.0748. The van der Waals surface area contributed by atoms with E-state index in [9.17, 15) is 18.0 Å². The van der Waals surface area contributed by atoms with E-state index in [1.807, 2.05) is 26.0 Å². The summed E-state index contributed by atoms with van der Waals surface area (Å²) >= 11 is 6.26. The summed E-state index contributed by atoms with van der Waals surface area (Å²) in [5.41, 5.74) is 0.419. The van der Waals surface area contributed by atoms with Crippen LogP contribution in [0, 0.1) is 5.92 Å². The van der Waals surface area contributed by atoms with Crippen molar-refractivity contribution in [2.24, 2.45) is 5.92 Å². The predicted molar refractivity (Wildman–Crippen MR) is 123 cm³/mol. The summed E-state index contributed by atoms with van der Waals surface area (Å²) in [7, 11) is 0. The molecule has 8 heteroatoms. The van der Waals surface area contributed by atoms with Crippen LogP contribution < -0.4 is 0 Å². The number of halogens is 4. The molecule has 33 heavy (non-hydrogen) atoms. The number of amides is 1. The highest BCUT2D eigenvalue weighted by atomic mass is 35.5. The fourth-order valence-corrected chi connectivity index (χ4v) is 4.88. The van der Waals surface area contributed by atoms with Gasteiger partial charge in [-0.2, -0.15) is 13.2 Å². The Balaban J connectivity index is 1.76. The number of imidazole rings is 1. The van der Waals surface area contributed by atoms with E-state index in [2.05, 4.69) is 4.57 Å². The van der Waals surface area contributed by atoms with Crippen molar-refractivity contribution in [2.45, 2.75) is 58.3 Å². The lowest BCUT2D eigenvalue weighted by Crippen LogP contribution is -2.36. The Bertz CT molecular complexity index is 1150. The second-order valence-corrected chi connectivity index (χ2v) is 9.53. The second kappa shape index (κ2) is 9.37. The SMILES string of the molecule is CC(C)CN(Cc1nc2ccc(Cl)cc2n1C1CCCC1)C(=O)c1ccccc1C(F)(F)F. The molecule has 1 amide bonds. The van der Waals surface area contributed by atoms with Crippen molar-refractivity contribution in [2.75, 3.05) is 6.54 Å². The van der Waals surface area contributed by atoms with E-state index in [1.54, 1.807) is 6.07 Å². The number of rotatable bonds is 6. The van der Waals surface area contributed by atoms with Crippen molar-refractivity contribution in [1.82, 2.24) is 14.5 Å². The van der Waals surface area contributed by atoms with Crippen LogP contribution in [0.4, 0.5) is 13.2 Å². The lowest BCUT2D eigenvalue weighted by Gasteiger charge is -2.27. The van der Waals surface area contributed by atoms with E-state index >= 15 is 0 Å². The van der Waals surface area contributed by atoms with Gasteiger partial charge in [-0.3, -0.25) is 4.79 Å². The Hall–Kier alpha value is -2.54. The van der Waals surface area contributed by atoms with Gasteiger partial charge in [0.25, 0.3) is 5.91 Å². The highest BCUT2D eigenvalue weighted by Crippen LogP contribution is 2.36. The Labute approximate surface area is 196 Å². The summed E-state index contributed by atoms with van der Waals surface area (Å²) in [6, 6.07) is 10.7. The maximum Gasteiger partial charge on any atom is 0.417 e. The molecule has 0 radical (unpaired) electrons. The van der Waals surface area contributed by atoms with E-state index in [0.29, 0.717) is 17.4 Å². The number of hydrogen-bond acceptors (Lipinski definition) is 2. The molecule has 4 nitrogen and oxygen atoms in total. The van der Waals surface area contributed by atoms with Gasteiger partial charge >= 0.3 is 6.18 Å². The average Bonchev–Trinajstić information content (AvgIpc) is 3.39. The number of nitrogens with zero attached hydrogens (tertiary/aromatic N) is 3. The third kappa shape index (κ3) is 5.03. The largest absolute Gasteiger partial charge is 0.417 e. The van der Waals surface area contributed by atoms with Gasteiger partial charge in [-0.15, -0.1) is 0 Å². The monoisotopic (exact) mass is 477 g/mol. The first kappa shape index (κ1) is 23.6. The standard InChI is InChI=1S/C25H27ClF3N3O/c1-16(2)14-31(24(33)19-9-5-6-10-20(19)25(27,28)29)15-23-30-21-12-11-17(26)13-22(21)32(23)18-7-3-4-8-18/h5-6,9-13,16,18H,3-4,7-8,14-15H2,1-2H3. The fraction of sp³-hybridized carbons (Fsp3) is 0.440. The van der Waals surface area contributed by atoms with E-state index in [0.717, 1.165) is 42.8 Å². The van der Waals surface area contributed by atoms with Crippen molar-refractivity contribution in [1.29, 1.82) is 0 Å². The van der Waals surface area contributed by atoms with Crippen LogP contribution in [0.1, 0.15) is 67.3 Å². The molecule has 1 saturated carbocycles. The molecule has 1 heterocycles. The molecule has 1 aromatic heterocycles. The number of carbonyl (C=O) groups excluding carboxylic acids is 1. The fourth-order valence-electron chi connectivity index (χ4n) is 4.72. The van der Waals surface area contributed by atoms with E-state index in [-0.39, 0.29) is 24.1 Å². The minimum Gasteiger partial charge on any atom is -0.331 e. The highest BCUT2D eigenvalue weighted by Gasteiger charge is 2.36. The third-order valence-electron chi connectivity index (χ3n) is 6.08. The molecule has 1 aliphatic rings. The van der Waals surface area contributed by atoms with E-state index in [1.165, 1.54) is 23.1 Å². The summed E-state index contributed by atoms with van der Waals surface area (Å²) in [4.78, 5) is 19.7. The molecular weight excluding hydrogens is 451 g/mol. The molecule has 0 N–H and O–H groups in total. The van der Waals surface area contributed by atoms with Gasteiger partial charge < -0.3 is 9.47 Å². The summed E-state index contributed by atoms with van der Waals surface area (Å²) in [5.74, 6) is 0.114. The number of hydrogen-bond donors (Lipinski definition) is 0. The summed E-state index contributed by atoms with van der Waals surface area (Å²) in [6.07, 6.45) is -0.389. The maximum atomic E-state index is 13.6. The van der Waals surface area contributed by atoms with Gasteiger partial charge in [0.15, 0.2) is 0 Å². The number of alkyl halides is 3. The summed E-state index contributed by atoms with van der Waals surface area (Å²) in [5, 5.41) is 0.599. The van der Waals surface area contributed by atoms with Crippen LogP contribution in [0.25, 0.3) is 11.0 Å². The van der Waals surface area contributed by atoms with Crippen molar-refractivity contribution >= 4 is 28.5 Å². The number of benzene rings is 2. The van der Waals surface area contributed by atoms with Gasteiger partial charge in [-0.05, 0) is 49.1 Å². The Morgan fingerprint density at radius 3 is 2.55 bits per heavy atom. The molecule has 1 fully saturated rings. The average molecular weight is 478 g/mol. The Kier molecular flexibility index (Phi) is 6.71. The van der Waals surface area contributed by atoms with Crippen molar-refractivity contribution in [3.8, 4) is 0 Å². The molecule has 0 saturated heterocycles. The van der Waals surface area contributed by atoms with Crippen molar-refractivity contribution < 1.29 is 18.0 Å². The molecule has 0 unspecified atom stereocenters. The van der Waals surface area contributed by atoms with Gasteiger partial charge in [0.2, 0.25) is 0 Å². The first-order valence-electron chi connectivity index (χ1n) is 11.3. The van der Waals surface area contributed by atoms with Gasteiger partial charge in [-0.1, -0.05) is 50.4 Å². The van der Waals surface area contributed by atoms with Crippen LogP contribution >= 0.6 is 11.6 Å². The third-order valence-corrected chi connectivity index (χ3v) is 6.32. The predicted octanol–water partition coefficient (Wildman–Crippen LogP) is 7.12. The quantitative estimate of drug-likeness (QED) is 0.379. The van der Waals surface area contributed by atoms with Crippen LogP contribution in [-0.4, -0.2) is 26.9 Å². The number of carbonyl (C=O) groups is 1. The number of aromatic nitrogens is 2. The first-order valence-corrected chi connectivity index (χ1v) is 11.6. The lowest BCUT2D eigenvalue weighted by molar-refractivity contribution is -0.138. The topological polar surface area (TPSA) is 38.1 Å². The molecule has 0 atom stereocenters. The maximum absolute atomic E-state index is 13.6. The van der Waals surface area contributed by atoms with Crippen LogP contribution in [0.15, 0.2) is 42.5 Å². The molecular formula is C25H27ClF3N3O. The van der Waals surface area contributed by atoms with E-state index < -0.39 is 17.6 Å². The summed E-state index contributed by atoms with van der Waals surface area (Å²) < 4.78 is 43.0. The molecule has 2 aromatic carbocycles. The molecule has 0 aliphatic heterocycles. The van der Waals surface area contributed by atoms with Gasteiger partial charge in [-0.25, -0.2) is 4.98 Å². The minimum atomic E-state index is -4.61. The number of fused-ring (bicyclic) bond motifs is 1. The molecule has 0 bridgehead atoms. The normalized spacial score (nSPS) is 15.0. The zero-order chi connectivity index (χ0) is 23.8.